The highest BCUT2D eigenvalue weighted by molar-refractivity contribution is 7.89. The second-order valence-electron chi connectivity index (χ2n) is 5.31. The minimum atomic E-state index is -4.00. The molecule has 0 aromatic heterocycles. The van der Waals surface area contributed by atoms with E-state index in [1.54, 1.807) is 0 Å². The molecular weight excluding hydrogens is 312 g/mol. The quantitative estimate of drug-likeness (QED) is 0.514. The van der Waals surface area contributed by atoms with Crippen LogP contribution in [0.15, 0.2) is 23.1 Å². The van der Waals surface area contributed by atoms with Crippen molar-refractivity contribution >= 4 is 21.4 Å². The van der Waals surface area contributed by atoms with E-state index < -0.39 is 20.5 Å². The van der Waals surface area contributed by atoms with Crippen molar-refractivity contribution < 1.29 is 18.1 Å². The summed E-state index contributed by atoms with van der Waals surface area (Å²) in [4.78, 5) is 10.1. The number of hydrogen-bond donors (Lipinski definition) is 3. The number of nitrogens with two attached hydrogens (primary N) is 2. The molecular formula is C12H18N4O5S. The van der Waals surface area contributed by atoms with Crippen LogP contribution in [0.25, 0.3) is 0 Å². The number of sulfonamides is 1. The number of nitrogens with one attached hydrogen (secondary N) is 1. The zero-order chi connectivity index (χ0) is 16.4. The van der Waals surface area contributed by atoms with Gasteiger partial charge in [-0.15, -0.1) is 0 Å². The topological polar surface area (TPSA) is 151 Å². The zero-order valence-electron chi connectivity index (χ0n) is 11.8. The van der Waals surface area contributed by atoms with E-state index in [2.05, 4.69) is 5.32 Å². The number of primary sulfonamides is 1. The van der Waals surface area contributed by atoms with Crippen LogP contribution in [0.1, 0.15) is 12.8 Å². The third-order valence-corrected chi connectivity index (χ3v) is 4.52. The number of rotatable bonds is 5. The monoisotopic (exact) mass is 330 g/mol. The molecule has 0 amide bonds. The predicted octanol–water partition coefficient (Wildman–Crippen LogP) is 0.162. The Morgan fingerprint density at radius 1 is 1.36 bits per heavy atom. The molecule has 1 saturated heterocycles. The van der Waals surface area contributed by atoms with E-state index in [4.69, 9.17) is 15.6 Å². The third-order valence-electron chi connectivity index (χ3n) is 3.61. The molecule has 0 spiro atoms. The SMILES string of the molecule is NC1(CNc2ccc(S(N)(=O)=O)cc2[N+](=O)[O-])CCOCC1. The molecule has 0 aliphatic carbocycles. The maximum atomic E-state index is 11.3. The van der Waals surface area contributed by atoms with Crippen LogP contribution >= 0.6 is 0 Å². The van der Waals surface area contributed by atoms with E-state index in [0.29, 0.717) is 32.6 Å². The molecule has 0 saturated carbocycles. The molecule has 1 aromatic carbocycles. The molecule has 1 heterocycles. The van der Waals surface area contributed by atoms with E-state index in [9.17, 15) is 18.5 Å². The molecule has 122 valence electrons. The van der Waals surface area contributed by atoms with Crippen molar-refractivity contribution in [3.63, 3.8) is 0 Å². The highest BCUT2D eigenvalue weighted by Gasteiger charge is 2.29. The number of nitro benzene ring substituents is 1. The van der Waals surface area contributed by atoms with Crippen molar-refractivity contribution in [2.45, 2.75) is 23.3 Å². The Kier molecular flexibility index (Phi) is 4.66. The average molecular weight is 330 g/mol. The standard InChI is InChI=1S/C12H18N4O5S/c13-12(3-5-21-6-4-12)8-15-10-2-1-9(22(14,19)20)7-11(10)16(17)18/h1-2,7,15H,3-6,8,13H2,(H2,14,19,20). The fourth-order valence-corrected chi connectivity index (χ4v) is 2.75. The second kappa shape index (κ2) is 6.16. The Morgan fingerprint density at radius 3 is 2.55 bits per heavy atom. The van der Waals surface area contributed by atoms with Crippen LogP contribution in [0.4, 0.5) is 11.4 Å². The van der Waals surface area contributed by atoms with Gasteiger partial charge in [0.05, 0.1) is 9.82 Å². The van der Waals surface area contributed by atoms with Gasteiger partial charge < -0.3 is 15.8 Å². The lowest BCUT2D eigenvalue weighted by Gasteiger charge is -2.33. The van der Waals surface area contributed by atoms with Gasteiger partial charge in [-0.1, -0.05) is 0 Å². The number of ether oxygens (including phenoxy) is 1. The number of anilines is 1. The van der Waals surface area contributed by atoms with Gasteiger partial charge in [-0.25, -0.2) is 13.6 Å². The van der Waals surface area contributed by atoms with Crippen LogP contribution in [-0.2, 0) is 14.8 Å². The van der Waals surface area contributed by atoms with Crippen LogP contribution in [0, 0.1) is 10.1 Å². The maximum Gasteiger partial charge on any atom is 0.293 e. The van der Waals surface area contributed by atoms with Gasteiger partial charge in [-0.05, 0) is 25.0 Å². The van der Waals surface area contributed by atoms with Crippen LogP contribution in [-0.4, -0.2) is 38.6 Å². The van der Waals surface area contributed by atoms with Crippen molar-refractivity contribution in [1.82, 2.24) is 0 Å². The Labute approximate surface area is 127 Å². The molecule has 1 aliphatic heterocycles. The van der Waals surface area contributed by atoms with Gasteiger partial charge in [0, 0.05) is 31.4 Å². The summed E-state index contributed by atoms with van der Waals surface area (Å²) < 4.78 is 27.8. The smallest absolute Gasteiger partial charge is 0.293 e. The number of nitro groups is 1. The summed E-state index contributed by atoms with van der Waals surface area (Å²) in [6, 6.07) is 3.48. The van der Waals surface area contributed by atoms with Gasteiger partial charge in [-0.2, -0.15) is 0 Å². The molecule has 0 radical (unpaired) electrons. The summed E-state index contributed by atoms with van der Waals surface area (Å²) in [7, 11) is -4.00. The third kappa shape index (κ3) is 3.91. The molecule has 22 heavy (non-hydrogen) atoms. The summed E-state index contributed by atoms with van der Waals surface area (Å²) in [6.45, 7) is 1.42. The Hall–Kier alpha value is -1.75. The first kappa shape index (κ1) is 16.6. The van der Waals surface area contributed by atoms with Gasteiger partial charge in [0.15, 0.2) is 0 Å². The lowest BCUT2D eigenvalue weighted by atomic mass is 9.91. The molecule has 10 heteroatoms. The maximum absolute atomic E-state index is 11.3. The summed E-state index contributed by atoms with van der Waals surface area (Å²) in [6.07, 6.45) is 1.28. The lowest BCUT2D eigenvalue weighted by Crippen LogP contribution is -2.50. The minimum Gasteiger partial charge on any atom is -0.381 e. The Morgan fingerprint density at radius 2 is 2.00 bits per heavy atom. The molecule has 1 fully saturated rings. The molecule has 1 aliphatic rings. The van der Waals surface area contributed by atoms with Crippen LogP contribution in [0.2, 0.25) is 0 Å². The Balaban J connectivity index is 2.21. The fraction of sp³-hybridized carbons (Fsp3) is 0.500. The number of nitrogens with zero attached hydrogens (tertiary/aromatic N) is 1. The summed E-state index contributed by atoms with van der Waals surface area (Å²) in [5.41, 5.74) is 5.54. The molecule has 0 unspecified atom stereocenters. The summed E-state index contributed by atoms with van der Waals surface area (Å²) >= 11 is 0. The zero-order valence-corrected chi connectivity index (χ0v) is 12.6. The van der Waals surface area contributed by atoms with E-state index in [1.165, 1.54) is 12.1 Å². The summed E-state index contributed by atoms with van der Waals surface area (Å²) in [5, 5.41) is 19.0. The van der Waals surface area contributed by atoms with Gasteiger partial charge in [0.2, 0.25) is 10.0 Å². The van der Waals surface area contributed by atoms with E-state index in [-0.39, 0.29) is 16.3 Å². The van der Waals surface area contributed by atoms with Gasteiger partial charge in [0.1, 0.15) is 5.69 Å². The van der Waals surface area contributed by atoms with E-state index in [0.717, 1.165) is 6.07 Å². The van der Waals surface area contributed by atoms with Crippen molar-refractivity contribution in [3.8, 4) is 0 Å². The number of hydrogen-bond acceptors (Lipinski definition) is 7. The normalized spacial score (nSPS) is 17.9. The average Bonchev–Trinajstić information content (AvgIpc) is 2.44. The van der Waals surface area contributed by atoms with Crippen molar-refractivity contribution in [2.24, 2.45) is 10.9 Å². The Bertz CT molecular complexity index is 670. The van der Waals surface area contributed by atoms with E-state index in [1.807, 2.05) is 0 Å². The minimum absolute atomic E-state index is 0.203. The second-order valence-corrected chi connectivity index (χ2v) is 6.87. The first-order valence-corrected chi connectivity index (χ1v) is 8.18. The van der Waals surface area contributed by atoms with Gasteiger partial charge >= 0.3 is 0 Å². The van der Waals surface area contributed by atoms with Crippen molar-refractivity contribution in [3.05, 3.63) is 28.3 Å². The molecule has 1 aromatic rings. The predicted molar refractivity (Wildman–Crippen MR) is 79.9 cm³/mol. The largest absolute Gasteiger partial charge is 0.381 e. The first-order valence-electron chi connectivity index (χ1n) is 6.63. The highest BCUT2D eigenvalue weighted by Crippen LogP contribution is 2.28. The summed E-state index contributed by atoms with van der Waals surface area (Å²) in [5.74, 6) is 0. The van der Waals surface area contributed by atoms with Crippen LogP contribution in [0.3, 0.4) is 0 Å². The highest BCUT2D eigenvalue weighted by atomic mass is 32.2. The lowest BCUT2D eigenvalue weighted by molar-refractivity contribution is -0.384. The molecule has 5 N–H and O–H groups in total. The van der Waals surface area contributed by atoms with Crippen LogP contribution in [0.5, 0.6) is 0 Å². The van der Waals surface area contributed by atoms with Crippen molar-refractivity contribution in [1.29, 1.82) is 0 Å². The molecule has 0 bridgehead atoms. The fourth-order valence-electron chi connectivity index (χ4n) is 2.21. The first-order chi connectivity index (χ1) is 10.2. The van der Waals surface area contributed by atoms with Gasteiger partial charge in [-0.3, -0.25) is 10.1 Å². The van der Waals surface area contributed by atoms with Crippen molar-refractivity contribution in [2.75, 3.05) is 25.1 Å². The molecule has 0 atom stereocenters. The number of benzene rings is 1. The van der Waals surface area contributed by atoms with Crippen LogP contribution < -0.4 is 16.2 Å². The van der Waals surface area contributed by atoms with E-state index >= 15 is 0 Å². The molecule has 2 rings (SSSR count). The van der Waals surface area contributed by atoms with Gasteiger partial charge in [0.25, 0.3) is 5.69 Å². The molecule has 9 nitrogen and oxygen atoms in total.